The van der Waals surface area contributed by atoms with E-state index in [1.165, 1.54) is 0 Å². The molecule has 0 bridgehead atoms. The Balaban J connectivity index is 0.868. The Kier molecular flexibility index (Phi) is 42.3. The molecule has 0 aromatic heterocycles. The molecule has 826 valence electrons. The molecule has 11 aliphatic rings. The molecule has 0 aromatic rings. The molecule has 64 heteroatoms. The molecule has 143 heavy (non-hydrogen) atoms. The predicted octanol–water partition coefficient (Wildman–Crippen LogP) is -25.1. The van der Waals surface area contributed by atoms with Crippen molar-refractivity contribution in [3.63, 3.8) is 0 Å². The van der Waals surface area contributed by atoms with Gasteiger partial charge in [0, 0.05) is 41.0 Å². The first-order valence-electron chi connectivity index (χ1n) is 45.3. The molecular weight excluding hydrogens is 1960 g/mol. The number of ether oxygens (including phenoxy) is 21. The minimum Gasteiger partial charge on any atom is -0.477 e. The summed E-state index contributed by atoms with van der Waals surface area (Å²) in [6.45, 7) is -8.52. The number of carbonyl (C=O) groups is 6. The van der Waals surface area contributed by atoms with Gasteiger partial charge in [-0.1, -0.05) is 0 Å². The van der Waals surface area contributed by atoms with E-state index < -0.39 is 458 Å². The number of amides is 5. The molecule has 11 rings (SSSR count). The van der Waals surface area contributed by atoms with Gasteiger partial charge in [0.15, 0.2) is 62.9 Å². The fraction of sp³-hybridized carbons (Fsp3) is 0.924. The highest BCUT2D eigenvalue weighted by molar-refractivity contribution is 5.77. The van der Waals surface area contributed by atoms with Crippen LogP contribution in [0.15, 0.2) is 0 Å². The summed E-state index contributed by atoms with van der Waals surface area (Å²) in [4.78, 5) is 78.4. The topological polar surface area (TPSA) is 1000 Å². The van der Waals surface area contributed by atoms with Gasteiger partial charge in [0.25, 0.3) is 5.79 Å². The molecule has 56 atom stereocenters. The van der Waals surface area contributed by atoms with E-state index in [4.69, 9.17) is 99.5 Å². The van der Waals surface area contributed by atoms with Crippen LogP contribution in [0.1, 0.15) is 41.0 Å². The lowest BCUT2D eigenvalue weighted by molar-refractivity contribution is -0.393. The first-order valence-corrected chi connectivity index (χ1v) is 45.3. The van der Waals surface area contributed by atoms with Gasteiger partial charge < -0.3 is 289 Å². The first kappa shape index (κ1) is 118. The molecule has 0 aromatic carbocycles. The van der Waals surface area contributed by atoms with Gasteiger partial charge in [-0.05, 0) is 0 Å². The molecule has 0 aliphatic carbocycles. The zero-order chi connectivity index (χ0) is 106. The van der Waals surface area contributed by atoms with E-state index in [1.54, 1.807) is 0 Å². The van der Waals surface area contributed by atoms with Crippen LogP contribution in [0, 0.1) is 0 Å². The second-order valence-electron chi connectivity index (χ2n) is 35.9. The van der Waals surface area contributed by atoms with Crippen molar-refractivity contribution >= 4 is 35.5 Å². The van der Waals surface area contributed by atoms with E-state index in [-0.39, 0.29) is 0 Å². The van der Waals surface area contributed by atoms with Crippen molar-refractivity contribution in [3.05, 3.63) is 0 Å². The van der Waals surface area contributed by atoms with Crippen molar-refractivity contribution < 1.29 is 292 Å². The van der Waals surface area contributed by atoms with Crippen LogP contribution >= 0.6 is 0 Å². The molecule has 11 heterocycles. The molecule has 0 saturated carbocycles. The second-order valence-corrected chi connectivity index (χ2v) is 35.9. The zero-order valence-electron chi connectivity index (χ0n) is 76.6. The number of carbonyl (C=O) groups excluding carboxylic acids is 5. The smallest absolute Gasteiger partial charge is 0.364 e. The number of hydrogen-bond acceptors (Lipinski definition) is 58. The van der Waals surface area contributed by atoms with E-state index in [0.717, 1.165) is 34.6 Å². The standard InChI is InChI=1S/C79H131N5O59/c1-18(95)80-35-23(100)6-79(78(121)122,142-63(35)40(102)24(101)7-85)143-67-44(106)28(11-89)128-77(57(67)119)137-61-33(16-94)132-72(39(49(61)111)84-22(5)99)141-66-45(107)34(17-123-69-36(81-19(2)96)46(108)58(30(13-91)129-69)134-73-53(115)50(112)41(103)25(8-86)125-73)133-76(56(66)118)136-60-32(15-93)131-71(38(48(60)110)83-21(4)98)139-64-42(104)26(9-87)126-74(54(64)116)135-59-31(14-92)130-70(37(47(59)109)82-20(3)97)140-65-43(105)27(10-88)127-75(55(65)117)138-62-29(12-90)124-68(120)52(114)51(62)113/h23-77,85-94,100-120H,6-17H2,1-5H3,(H,80,95)(H,81,96)(H,82,97)(H,83,98)(H,84,99)(H,121,122)/t23-,24+,25+,26+,27+,28+,29+,30+,31+,32+,33+,34+,35+,36+,37+,38+,39+,40+,41-,42-,43-,44-,45-,46+,47+,48+,49+,50-,51+,52+,53+,54+,55+,56+,57+,58+,59+,60+,61+,62+,63+,64-,65-,66-,67-,68+,69+,70-,71-,72-,73-,74-,75-,76-,77-,79-/m0/s1. The molecular formula is C79H131N5O59. The van der Waals surface area contributed by atoms with Crippen molar-refractivity contribution in [2.45, 2.75) is 384 Å². The number of aliphatic hydroxyl groups is 31. The third-order valence-corrected chi connectivity index (χ3v) is 26.0. The zero-order valence-corrected chi connectivity index (χ0v) is 76.6. The maximum Gasteiger partial charge on any atom is 0.364 e. The van der Waals surface area contributed by atoms with Crippen LogP contribution in [-0.2, 0) is 128 Å². The Morgan fingerprint density at radius 3 is 0.881 bits per heavy atom. The van der Waals surface area contributed by atoms with Gasteiger partial charge >= 0.3 is 5.97 Å². The summed E-state index contributed by atoms with van der Waals surface area (Å²) in [6.07, 6.45) is -110. The normalized spacial score (nSPS) is 47.8. The van der Waals surface area contributed by atoms with Crippen LogP contribution in [0.3, 0.4) is 0 Å². The monoisotopic (exact) mass is 2090 g/mol. The number of carboxylic acid groups (broad SMARTS) is 1. The lowest BCUT2D eigenvalue weighted by Gasteiger charge is -2.52. The van der Waals surface area contributed by atoms with Crippen LogP contribution in [-0.4, -0.2) is 615 Å². The average molecular weight is 2090 g/mol. The van der Waals surface area contributed by atoms with Crippen molar-refractivity contribution in [2.24, 2.45) is 0 Å². The number of aliphatic hydroxyl groups excluding tert-OH is 31. The quantitative estimate of drug-likeness (QED) is 0.0272. The fourth-order valence-corrected chi connectivity index (χ4v) is 18.6. The Labute approximate surface area is 808 Å². The second kappa shape index (κ2) is 51.2. The predicted molar refractivity (Wildman–Crippen MR) is 438 cm³/mol. The highest BCUT2D eigenvalue weighted by atomic mass is 16.8. The summed E-state index contributed by atoms with van der Waals surface area (Å²) in [5, 5.41) is 370. The molecule has 0 unspecified atom stereocenters. The van der Waals surface area contributed by atoms with Crippen LogP contribution in [0.2, 0.25) is 0 Å². The summed E-state index contributed by atoms with van der Waals surface area (Å²) in [5.74, 6) is -10.5. The minimum absolute atomic E-state index is 0.844. The summed E-state index contributed by atoms with van der Waals surface area (Å²) < 4.78 is 124. The third-order valence-electron chi connectivity index (χ3n) is 26.0. The van der Waals surface area contributed by atoms with Crippen LogP contribution < -0.4 is 26.6 Å². The maximum atomic E-state index is 13.4. The largest absolute Gasteiger partial charge is 0.477 e. The first-order chi connectivity index (χ1) is 67.5. The van der Waals surface area contributed by atoms with E-state index in [2.05, 4.69) is 26.6 Å². The van der Waals surface area contributed by atoms with Crippen molar-refractivity contribution in [3.8, 4) is 0 Å². The summed E-state index contributed by atoms with van der Waals surface area (Å²) in [7, 11) is 0. The fourth-order valence-electron chi connectivity index (χ4n) is 18.6. The Hall–Kier alpha value is -5.26. The van der Waals surface area contributed by atoms with Gasteiger partial charge in [-0.15, -0.1) is 0 Å². The Morgan fingerprint density at radius 1 is 0.287 bits per heavy atom. The molecule has 11 fully saturated rings. The molecule has 11 aliphatic heterocycles. The molecule has 5 amide bonds. The third kappa shape index (κ3) is 26.0. The van der Waals surface area contributed by atoms with Gasteiger partial charge in [-0.2, -0.15) is 0 Å². The van der Waals surface area contributed by atoms with Crippen molar-refractivity contribution in [1.29, 1.82) is 0 Å². The lowest BCUT2D eigenvalue weighted by atomic mass is 9.88. The molecule has 0 radical (unpaired) electrons. The van der Waals surface area contributed by atoms with E-state index in [0.29, 0.717) is 0 Å². The van der Waals surface area contributed by atoms with Gasteiger partial charge in [0.1, 0.15) is 262 Å². The van der Waals surface area contributed by atoms with Crippen LogP contribution in [0.25, 0.3) is 0 Å². The van der Waals surface area contributed by atoms with E-state index in [9.17, 15) is 192 Å². The lowest BCUT2D eigenvalue weighted by Crippen LogP contribution is -2.71. The number of carboxylic acids is 1. The SMILES string of the molecule is CC(=O)N[C@H]1[C@H](OC[C@H]2O[C@@H](O[C@H]3[C@H](O)[C@@H](NC(C)=O)[C@H](O[C@H]4[C@@H](O)[C@@H](CO)O[C@@H](O[C@H]5[C@H](O)[C@@H](NC(C)=O)[C@H](O[C@H]6[C@@H](O)[C@@H](CO)O[C@@H](O[C@H]7[C@H](O)[C@@H](O)[C@H](O)O[C@@H]7CO)[C@@H]6O)O[C@@H]5CO)[C@@H]4O)O[C@@H]3CO)[C@H](O)[C@@H](O[C@@H]3O[C@H](CO)[C@@H](O[C@@H]4O[C@H](CO)[C@H](O)[C@H](O[C@]5(C(=O)O)C[C@H](O)[C@@H](NC(C)=O)[C@H]([C@H](O)[C@H](O)CO)O5)[C@H]4O)[C@H](O)[C@H]3NC(C)=O)[C@H]2O)O[C@H](CO)[C@@H](O[C@@H]2O[C@H](CO)[C@H](O)[C@H](O)[C@H]2O)[C@@H]1O. The van der Waals surface area contributed by atoms with Gasteiger partial charge in [0.05, 0.1) is 84.8 Å². The Bertz CT molecular complexity index is 4030. The van der Waals surface area contributed by atoms with Gasteiger partial charge in [-0.25, -0.2) is 4.79 Å². The minimum atomic E-state index is -3.35. The summed E-state index contributed by atoms with van der Waals surface area (Å²) in [6, 6.07) is -9.98. The molecule has 64 nitrogen and oxygen atoms in total. The average Bonchev–Trinajstić information content (AvgIpc) is 0.749. The van der Waals surface area contributed by atoms with E-state index >= 15 is 0 Å². The molecule has 0 spiro atoms. The van der Waals surface area contributed by atoms with Crippen molar-refractivity contribution in [2.75, 3.05) is 72.7 Å². The number of hydrogen-bond donors (Lipinski definition) is 37. The van der Waals surface area contributed by atoms with Crippen LogP contribution in [0.4, 0.5) is 0 Å². The maximum absolute atomic E-state index is 13.4. The Morgan fingerprint density at radius 2 is 0.552 bits per heavy atom. The number of aliphatic carboxylic acids is 1. The highest BCUT2D eigenvalue weighted by Crippen LogP contribution is 2.44. The van der Waals surface area contributed by atoms with Gasteiger partial charge in [-0.3, -0.25) is 24.0 Å². The number of rotatable bonds is 39. The summed E-state index contributed by atoms with van der Waals surface area (Å²) >= 11 is 0. The highest BCUT2D eigenvalue weighted by Gasteiger charge is 2.65. The van der Waals surface area contributed by atoms with Crippen LogP contribution in [0.5, 0.6) is 0 Å². The number of nitrogens with one attached hydrogen (secondary N) is 5. The summed E-state index contributed by atoms with van der Waals surface area (Å²) in [5.41, 5.74) is 0. The van der Waals surface area contributed by atoms with Gasteiger partial charge in [0.2, 0.25) is 29.5 Å². The molecule has 11 saturated heterocycles. The van der Waals surface area contributed by atoms with E-state index in [1.807, 2.05) is 0 Å². The van der Waals surface area contributed by atoms with Crippen molar-refractivity contribution in [1.82, 2.24) is 26.6 Å². The molecule has 37 N–H and O–H groups in total.